The third-order valence-electron chi connectivity index (χ3n) is 5.58. The molecule has 1 N–H and O–H groups in total. The fourth-order valence-electron chi connectivity index (χ4n) is 3.84. The van der Waals surface area contributed by atoms with E-state index in [4.69, 9.17) is 9.47 Å². The predicted octanol–water partition coefficient (Wildman–Crippen LogP) is 5.32. The number of nitrogens with one attached hydrogen (secondary N) is 1. The van der Waals surface area contributed by atoms with Crippen LogP contribution < -0.4 is 5.32 Å². The molecule has 3 atom stereocenters. The van der Waals surface area contributed by atoms with Gasteiger partial charge in [0.05, 0.1) is 23.8 Å². The van der Waals surface area contributed by atoms with E-state index in [9.17, 15) is 31.1 Å². The first kappa shape index (κ1) is 24.8. The second-order valence-corrected chi connectivity index (χ2v) is 7.76. The molecule has 11 heteroatoms. The van der Waals surface area contributed by atoms with Gasteiger partial charge in [-0.25, -0.2) is 4.79 Å². The average molecular weight is 476 g/mol. The van der Waals surface area contributed by atoms with Crippen molar-refractivity contribution in [3.8, 4) is 0 Å². The van der Waals surface area contributed by atoms with Crippen molar-refractivity contribution in [3.05, 3.63) is 70.8 Å². The maximum Gasteiger partial charge on any atom is 0.416 e. The van der Waals surface area contributed by atoms with Crippen LogP contribution in [-0.4, -0.2) is 37.9 Å². The molecule has 0 aromatic heterocycles. The highest BCUT2D eigenvalue weighted by molar-refractivity contribution is 5.78. The van der Waals surface area contributed by atoms with Gasteiger partial charge >= 0.3 is 18.4 Å². The summed E-state index contributed by atoms with van der Waals surface area (Å²) in [7, 11) is 2.88. The Morgan fingerprint density at radius 1 is 1.03 bits per heavy atom. The first-order valence-corrected chi connectivity index (χ1v) is 9.84. The molecule has 1 heterocycles. The molecule has 1 aliphatic rings. The van der Waals surface area contributed by atoms with E-state index in [1.165, 1.54) is 26.0 Å². The molecule has 3 rings (SSSR count). The first-order chi connectivity index (χ1) is 15.3. The van der Waals surface area contributed by atoms with Gasteiger partial charge in [0.15, 0.2) is 6.23 Å². The number of hydrogen-bond acceptors (Lipinski definition) is 3. The number of carbonyl (C=O) groups excluding carboxylic acids is 1. The minimum atomic E-state index is -4.97. The monoisotopic (exact) mass is 476 g/mol. The van der Waals surface area contributed by atoms with Crippen LogP contribution in [-0.2, 0) is 27.4 Å². The lowest BCUT2D eigenvalue weighted by Crippen LogP contribution is -2.51. The van der Waals surface area contributed by atoms with Gasteiger partial charge in [-0.05, 0) is 36.2 Å². The molecular formula is C22H22F6N2O3. The molecule has 1 saturated heterocycles. The molecule has 0 radical (unpaired) electrons. The number of nitrogens with zero attached hydrogens (tertiary/aromatic N) is 1. The molecular weight excluding hydrogens is 454 g/mol. The molecule has 0 spiro atoms. The largest absolute Gasteiger partial charge is 0.416 e. The van der Waals surface area contributed by atoms with E-state index >= 15 is 0 Å². The SMILES string of the molecule is CO[C@H]1N(C)C(=O)N[C@]1(CO[C@H](C)c1cc(C(F)(F)F)cc(C(F)(F)F)c1)c1ccccc1. The van der Waals surface area contributed by atoms with Gasteiger partial charge in [0.1, 0.15) is 5.54 Å². The van der Waals surface area contributed by atoms with E-state index in [0.29, 0.717) is 17.7 Å². The Labute approximate surface area is 186 Å². The van der Waals surface area contributed by atoms with Crippen molar-refractivity contribution in [2.45, 2.75) is 37.1 Å². The van der Waals surface area contributed by atoms with Gasteiger partial charge < -0.3 is 14.8 Å². The Balaban J connectivity index is 1.96. The van der Waals surface area contributed by atoms with Gasteiger partial charge in [0.2, 0.25) is 0 Å². The van der Waals surface area contributed by atoms with Crippen LogP contribution in [0.25, 0.3) is 0 Å². The summed E-state index contributed by atoms with van der Waals surface area (Å²) < 4.78 is 90.6. The summed E-state index contributed by atoms with van der Waals surface area (Å²) in [6.07, 6.45) is -11.9. The van der Waals surface area contributed by atoms with Crippen molar-refractivity contribution < 1.29 is 40.6 Å². The zero-order valence-electron chi connectivity index (χ0n) is 17.9. The molecule has 0 aliphatic carbocycles. The number of benzene rings is 2. The second kappa shape index (κ2) is 8.86. The van der Waals surface area contributed by atoms with Gasteiger partial charge in [-0.15, -0.1) is 0 Å². The van der Waals surface area contributed by atoms with Crippen LogP contribution in [0.1, 0.15) is 35.3 Å². The number of halogens is 6. The minimum absolute atomic E-state index is 0.0643. The van der Waals surface area contributed by atoms with Crippen molar-refractivity contribution in [1.29, 1.82) is 0 Å². The van der Waals surface area contributed by atoms with Crippen molar-refractivity contribution in [1.82, 2.24) is 10.2 Å². The maximum atomic E-state index is 13.2. The summed E-state index contributed by atoms with van der Waals surface area (Å²) in [5, 5.41) is 2.79. The highest BCUT2D eigenvalue weighted by Crippen LogP contribution is 2.39. The number of amides is 2. The molecule has 5 nitrogen and oxygen atoms in total. The van der Waals surface area contributed by atoms with Crippen molar-refractivity contribution in [3.63, 3.8) is 0 Å². The van der Waals surface area contributed by atoms with E-state index < -0.39 is 47.4 Å². The number of urea groups is 1. The summed E-state index contributed by atoms with van der Waals surface area (Å²) in [5.41, 5.74) is -3.80. The smallest absolute Gasteiger partial charge is 0.371 e. The summed E-state index contributed by atoms with van der Waals surface area (Å²) >= 11 is 0. The topological polar surface area (TPSA) is 50.8 Å². The van der Waals surface area contributed by atoms with Crippen LogP contribution in [0, 0.1) is 0 Å². The first-order valence-electron chi connectivity index (χ1n) is 9.84. The predicted molar refractivity (Wildman–Crippen MR) is 106 cm³/mol. The molecule has 1 aliphatic heterocycles. The highest BCUT2D eigenvalue weighted by Gasteiger charge is 2.52. The molecule has 0 saturated carbocycles. The number of carbonyl (C=O) groups is 1. The van der Waals surface area contributed by atoms with Crippen molar-refractivity contribution >= 4 is 6.03 Å². The van der Waals surface area contributed by atoms with Gasteiger partial charge in [-0.3, -0.25) is 4.90 Å². The molecule has 2 amide bonds. The fraction of sp³-hybridized carbons (Fsp3) is 0.409. The second-order valence-electron chi connectivity index (χ2n) is 7.76. The van der Waals surface area contributed by atoms with Crippen molar-refractivity contribution in [2.24, 2.45) is 0 Å². The fourth-order valence-corrected chi connectivity index (χ4v) is 3.84. The zero-order chi connectivity index (χ0) is 24.6. The third kappa shape index (κ3) is 4.93. The van der Waals surface area contributed by atoms with E-state index in [2.05, 4.69) is 5.32 Å². The van der Waals surface area contributed by atoms with Crippen LogP contribution in [0.3, 0.4) is 0 Å². The van der Waals surface area contributed by atoms with Gasteiger partial charge in [-0.2, -0.15) is 26.3 Å². The van der Waals surface area contributed by atoms with E-state index in [0.717, 1.165) is 0 Å². The summed E-state index contributed by atoms with van der Waals surface area (Å²) in [6.45, 7) is 1.07. The Morgan fingerprint density at radius 3 is 2.06 bits per heavy atom. The van der Waals surface area contributed by atoms with Crippen LogP contribution in [0.5, 0.6) is 0 Å². The molecule has 2 aromatic rings. The molecule has 0 bridgehead atoms. The van der Waals surface area contributed by atoms with E-state index in [-0.39, 0.29) is 18.2 Å². The van der Waals surface area contributed by atoms with Crippen molar-refractivity contribution in [2.75, 3.05) is 20.8 Å². The van der Waals surface area contributed by atoms with Gasteiger partial charge in [0.25, 0.3) is 0 Å². The number of likely N-dealkylation sites (N-methyl/N-ethyl adjacent to an activating group) is 1. The van der Waals surface area contributed by atoms with Gasteiger partial charge in [0, 0.05) is 14.2 Å². The summed E-state index contributed by atoms with van der Waals surface area (Å²) in [4.78, 5) is 13.7. The molecule has 33 heavy (non-hydrogen) atoms. The maximum absolute atomic E-state index is 13.2. The normalized spacial score (nSPS) is 22.4. The number of methoxy groups -OCH3 is 1. The number of rotatable bonds is 6. The Bertz CT molecular complexity index is 964. The lowest BCUT2D eigenvalue weighted by Gasteiger charge is -2.36. The third-order valence-corrected chi connectivity index (χ3v) is 5.58. The van der Waals surface area contributed by atoms with Crippen LogP contribution in [0.15, 0.2) is 48.5 Å². The average Bonchev–Trinajstić information content (AvgIpc) is 3.01. The molecule has 1 fully saturated rings. The van der Waals surface area contributed by atoms with E-state index in [1.54, 1.807) is 30.3 Å². The number of hydrogen-bond donors (Lipinski definition) is 1. The standard InChI is InChI=1S/C22H22F6N2O3/c1-13(14-9-16(21(23,24)25)11-17(10-14)22(26,27)28)33-12-20(15-7-5-4-6-8-15)18(32-3)30(2)19(31)29-20/h4-11,13,18H,12H2,1-3H3,(H,29,31)/t13-,18-,20-/m1/s1. The Kier molecular flexibility index (Phi) is 6.67. The Hall–Kier alpha value is -2.79. The van der Waals surface area contributed by atoms with Gasteiger partial charge in [-0.1, -0.05) is 30.3 Å². The van der Waals surface area contributed by atoms with E-state index in [1.807, 2.05) is 0 Å². The lowest BCUT2D eigenvalue weighted by molar-refractivity contribution is -0.143. The molecule has 0 unspecified atom stereocenters. The Morgan fingerprint density at radius 2 is 1.58 bits per heavy atom. The minimum Gasteiger partial charge on any atom is -0.371 e. The van der Waals surface area contributed by atoms with Crippen LogP contribution >= 0.6 is 0 Å². The highest BCUT2D eigenvalue weighted by atomic mass is 19.4. The zero-order valence-corrected chi connectivity index (χ0v) is 17.9. The summed E-state index contributed by atoms with van der Waals surface area (Å²) in [5.74, 6) is 0. The lowest BCUT2D eigenvalue weighted by atomic mass is 9.89. The molecule has 180 valence electrons. The van der Waals surface area contributed by atoms with Crippen LogP contribution in [0.4, 0.5) is 31.1 Å². The number of alkyl halides is 6. The molecule has 2 aromatic carbocycles. The number of ether oxygens (including phenoxy) is 2. The quantitative estimate of drug-likeness (QED) is 0.574. The summed E-state index contributed by atoms with van der Waals surface area (Å²) in [6, 6.07) is 9.47. The van der Waals surface area contributed by atoms with Crippen LogP contribution in [0.2, 0.25) is 0 Å².